The van der Waals surface area contributed by atoms with Crippen molar-refractivity contribution in [2.75, 3.05) is 74.3 Å². The molecule has 0 atom stereocenters. The fraction of sp³-hybridized carbons (Fsp3) is 0.526. The quantitative estimate of drug-likeness (QED) is 0.675. The molecule has 2 aromatic rings. The molecule has 0 saturated carbocycles. The largest absolute Gasteiger partial charge is 0.417 e. The van der Waals surface area contributed by atoms with Gasteiger partial charge in [0.25, 0.3) is 0 Å². The minimum Gasteiger partial charge on any atom is -0.384 e. The van der Waals surface area contributed by atoms with Crippen molar-refractivity contribution in [3.05, 3.63) is 23.9 Å². The Hall–Kier alpha value is -2.71. The number of nitrogen functional groups attached to an aromatic ring is 1. The standard InChI is InChI=1S/C19H24F3N7O3S/c1-33(30,31)29-4-2-28(3-5-29)18-25-15(11-17(26-18)27-6-8-32-9-7-27)13-12-24-16(23)10-14(13)19(20,21)22/h10-12H,2-9H2,1H3,(H2,23,24). The van der Waals surface area contributed by atoms with Gasteiger partial charge in [0.1, 0.15) is 11.6 Å². The summed E-state index contributed by atoms with van der Waals surface area (Å²) in [5.41, 5.74) is 4.44. The molecule has 0 radical (unpaired) electrons. The van der Waals surface area contributed by atoms with Gasteiger partial charge in [-0.1, -0.05) is 0 Å². The third-order valence-corrected chi connectivity index (χ3v) is 6.84. The molecule has 4 heterocycles. The van der Waals surface area contributed by atoms with E-state index in [9.17, 15) is 21.6 Å². The third kappa shape index (κ3) is 5.28. The summed E-state index contributed by atoms with van der Waals surface area (Å²) in [6, 6.07) is 2.29. The lowest BCUT2D eigenvalue weighted by molar-refractivity contribution is -0.137. The first-order valence-electron chi connectivity index (χ1n) is 10.3. The molecule has 33 heavy (non-hydrogen) atoms. The van der Waals surface area contributed by atoms with E-state index in [1.165, 1.54) is 10.4 Å². The maximum Gasteiger partial charge on any atom is 0.417 e. The van der Waals surface area contributed by atoms with Gasteiger partial charge in [-0.05, 0) is 6.07 Å². The van der Waals surface area contributed by atoms with Gasteiger partial charge in [0, 0.05) is 57.1 Å². The summed E-state index contributed by atoms with van der Waals surface area (Å²) in [6.45, 7) is 3.09. The van der Waals surface area contributed by atoms with Crippen LogP contribution in [0, 0.1) is 0 Å². The van der Waals surface area contributed by atoms with Gasteiger partial charge < -0.3 is 20.3 Å². The normalized spacial score (nSPS) is 18.5. The van der Waals surface area contributed by atoms with E-state index < -0.39 is 21.8 Å². The molecule has 2 aliphatic heterocycles. The Bertz CT molecular complexity index is 1120. The summed E-state index contributed by atoms with van der Waals surface area (Å²) >= 11 is 0. The van der Waals surface area contributed by atoms with Crippen LogP contribution in [0.2, 0.25) is 0 Å². The van der Waals surface area contributed by atoms with E-state index in [2.05, 4.69) is 15.0 Å². The highest BCUT2D eigenvalue weighted by Crippen LogP contribution is 2.38. The number of pyridine rings is 1. The Balaban J connectivity index is 1.76. The molecular formula is C19H24F3N7O3S. The molecule has 0 unspecified atom stereocenters. The molecule has 2 N–H and O–H groups in total. The monoisotopic (exact) mass is 487 g/mol. The van der Waals surface area contributed by atoms with Crippen LogP contribution in [0.4, 0.5) is 30.8 Å². The lowest BCUT2D eigenvalue weighted by Gasteiger charge is -2.34. The van der Waals surface area contributed by atoms with Crippen molar-refractivity contribution < 1.29 is 26.3 Å². The number of nitrogens with zero attached hydrogens (tertiary/aromatic N) is 6. The van der Waals surface area contributed by atoms with Gasteiger partial charge in [-0.3, -0.25) is 0 Å². The molecule has 2 aliphatic rings. The summed E-state index contributed by atoms with van der Waals surface area (Å²) in [5, 5.41) is 0. The molecule has 0 spiro atoms. The summed E-state index contributed by atoms with van der Waals surface area (Å²) < 4.78 is 71.6. The number of sulfonamides is 1. The van der Waals surface area contributed by atoms with Crippen LogP contribution in [0.3, 0.4) is 0 Å². The van der Waals surface area contributed by atoms with Crippen molar-refractivity contribution in [3.63, 3.8) is 0 Å². The smallest absolute Gasteiger partial charge is 0.384 e. The minimum atomic E-state index is -4.66. The van der Waals surface area contributed by atoms with Gasteiger partial charge in [0.15, 0.2) is 0 Å². The van der Waals surface area contributed by atoms with Gasteiger partial charge in [0.2, 0.25) is 16.0 Å². The maximum absolute atomic E-state index is 13.8. The van der Waals surface area contributed by atoms with Gasteiger partial charge in [-0.25, -0.2) is 18.4 Å². The average Bonchev–Trinajstić information content (AvgIpc) is 2.78. The number of hydrogen-bond acceptors (Lipinski definition) is 9. The highest BCUT2D eigenvalue weighted by atomic mass is 32.2. The molecule has 0 aromatic carbocycles. The number of morpholine rings is 1. The van der Waals surface area contributed by atoms with E-state index >= 15 is 0 Å². The van der Waals surface area contributed by atoms with Gasteiger partial charge in [-0.2, -0.15) is 22.5 Å². The predicted octanol–water partition coefficient (Wildman–Crippen LogP) is 1.06. The SMILES string of the molecule is CS(=O)(=O)N1CCN(c2nc(-c3cnc(N)cc3C(F)(F)F)cc(N3CCOCC3)n2)CC1. The molecule has 4 rings (SSSR count). The highest BCUT2D eigenvalue weighted by molar-refractivity contribution is 7.88. The zero-order valence-electron chi connectivity index (χ0n) is 17.9. The lowest BCUT2D eigenvalue weighted by Crippen LogP contribution is -2.49. The van der Waals surface area contributed by atoms with Crippen molar-refractivity contribution in [1.82, 2.24) is 19.3 Å². The second-order valence-electron chi connectivity index (χ2n) is 7.81. The lowest BCUT2D eigenvalue weighted by atomic mass is 10.1. The number of hydrogen-bond donors (Lipinski definition) is 1. The Kier molecular flexibility index (Phi) is 6.33. The minimum absolute atomic E-state index is 0.0619. The van der Waals surface area contributed by atoms with Gasteiger partial charge in [-0.15, -0.1) is 0 Å². The van der Waals surface area contributed by atoms with Crippen molar-refractivity contribution >= 4 is 27.6 Å². The van der Waals surface area contributed by atoms with E-state index in [1.54, 1.807) is 4.90 Å². The van der Waals surface area contributed by atoms with Gasteiger partial charge >= 0.3 is 6.18 Å². The Morgan fingerprint density at radius 2 is 1.67 bits per heavy atom. The second kappa shape index (κ2) is 8.91. The van der Waals surface area contributed by atoms with E-state index in [-0.39, 0.29) is 36.1 Å². The molecule has 0 bridgehead atoms. The number of anilines is 3. The summed E-state index contributed by atoms with van der Waals surface area (Å²) in [7, 11) is -3.34. The topological polar surface area (TPSA) is 118 Å². The molecule has 14 heteroatoms. The molecule has 2 aromatic heterocycles. The molecule has 180 valence electrons. The van der Waals surface area contributed by atoms with E-state index in [1.807, 2.05) is 4.90 Å². The molecular weight excluding hydrogens is 463 g/mol. The van der Waals surface area contributed by atoms with Crippen LogP contribution in [0.5, 0.6) is 0 Å². The van der Waals surface area contributed by atoms with Crippen LogP contribution in [-0.4, -0.2) is 86.4 Å². The van der Waals surface area contributed by atoms with E-state index in [0.29, 0.717) is 45.2 Å². The predicted molar refractivity (Wildman–Crippen MR) is 116 cm³/mol. The fourth-order valence-corrected chi connectivity index (χ4v) is 4.61. The molecule has 2 fully saturated rings. The van der Waals surface area contributed by atoms with Crippen LogP contribution >= 0.6 is 0 Å². The number of alkyl halides is 3. The molecule has 2 saturated heterocycles. The van der Waals surface area contributed by atoms with Crippen LogP contribution in [0.1, 0.15) is 5.56 Å². The summed E-state index contributed by atoms with van der Waals surface area (Å²) in [4.78, 5) is 16.6. The van der Waals surface area contributed by atoms with E-state index in [4.69, 9.17) is 10.5 Å². The van der Waals surface area contributed by atoms with Crippen LogP contribution in [-0.2, 0) is 20.9 Å². The Morgan fingerprint density at radius 3 is 2.27 bits per heavy atom. The van der Waals surface area contributed by atoms with Crippen LogP contribution in [0.15, 0.2) is 18.3 Å². The number of ether oxygens (including phenoxy) is 1. The first-order chi connectivity index (χ1) is 15.5. The van der Waals surface area contributed by atoms with Crippen molar-refractivity contribution in [1.29, 1.82) is 0 Å². The van der Waals surface area contributed by atoms with Crippen LogP contribution < -0.4 is 15.5 Å². The zero-order chi connectivity index (χ0) is 23.8. The zero-order valence-corrected chi connectivity index (χ0v) is 18.7. The first-order valence-corrected chi connectivity index (χ1v) is 12.1. The third-order valence-electron chi connectivity index (χ3n) is 5.53. The highest BCUT2D eigenvalue weighted by Gasteiger charge is 2.35. The molecule has 10 nitrogen and oxygen atoms in total. The molecule has 0 aliphatic carbocycles. The number of piperazine rings is 1. The number of aromatic nitrogens is 3. The fourth-order valence-electron chi connectivity index (χ4n) is 3.79. The Labute approximate surface area is 189 Å². The summed E-state index contributed by atoms with van der Waals surface area (Å²) in [5.74, 6) is 0.450. The second-order valence-corrected chi connectivity index (χ2v) is 9.79. The van der Waals surface area contributed by atoms with Gasteiger partial charge in [0.05, 0.1) is 30.7 Å². The average molecular weight is 488 g/mol. The maximum atomic E-state index is 13.8. The summed E-state index contributed by atoms with van der Waals surface area (Å²) in [6.07, 6.45) is -2.45. The number of nitrogens with two attached hydrogens (primary N) is 1. The van der Waals surface area contributed by atoms with Crippen LogP contribution in [0.25, 0.3) is 11.3 Å². The van der Waals surface area contributed by atoms with Crippen molar-refractivity contribution in [3.8, 4) is 11.3 Å². The Morgan fingerprint density at radius 1 is 1.00 bits per heavy atom. The number of halogens is 3. The van der Waals surface area contributed by atoms with Crippen molar-refractivity contribution in [2.24, 2.45) is 0 Å². The molecule has 0 amide bonds. The first kappa shape index (κ1) is 23.4. The van der Waals surface area contributed by atoms with Crippen molar-refractivity contribution in [2.45, 2.75) is 6.18 Å². The number of rotatable bonds is 4. The van der Waals surface area contributed by atoms with E-state index in [0.717, 1.165) is 18.5 Å².